The summed E-state index contributed by atoms with van der Waals surface area (Å²) in [6.45, 7) is 2.00. The van der Waals surface area contributed by atoms with Crippen molar-refractivity contribution < 1.29 is 4.74 Å². The lowest BCUT2D eigenvalue weighted by Gasteiger charge is -1.90. The molecular formula is C12H14N2O. The van der Waals surface area contributed by atoms with E-state index in [1.54, 1.807) is 12.4 Å². The zero-order valence-corrected chi connectivity index (χ0v) is 8.60. The number of aromatic nitrogens is 2. The number of hydrogen-bond donors (Lipinski definition) is 0. The van der Waals surface area contributed by atoms with Gasteiger partial charge in [0.15, 0.2) is 5.65 Å². The van der Waals surface area contributed by atoms with Crippen LogP contribution in [-0.2, 0) is 4.74 Å². The lowest BCUT2D eigenvalue weighted by Crippen LogP contribution is -1.78. The molecule has 0 unspecified atom stereocenters. The van der Waals surface area contributed by atoms with Gasteiger partial charge in [-0.3, -0.25) is 0 Å². The summed E-state index contributed by atoms with van der Waals surface area (Å²) >= 11 is 0. The first-order valence-corrected chi connectivity index (χ1v) is 5.20. The van der Waals surface area contributed by atoms with Crippen molar-refractivity contribution >= 4 is 11.0 Å². The molecule has 15 heavy (non-hydrogen) atoms. The second-order valence-corrected chi connectivity index (χ2v) is 3.37. The molecular weight excluding hydrogens is 188 g/mol. The molecule has 1 saturated heterocycles. The van der Waals surface area contributed by atoms with Crippen LogP contribution in [0.25, 0.3) is 11.0 Å². The molecule has 1 aliphatic rings. The average Bonchev–Trinajstić information content (AvgIpc) is 2.88. The van der Waals surface area contributed by atoms with Gasteiger partial charge >= 0.3 is 0 Å². The Balaban J connectivity index is 0.000000144. The van der Waals surface area contributed by atoms with Crippen molar-refractivity contribution in [2.75, 3.05) is 13.2 Å². The topological polar surface area (TPSA) is 35.0 Å². The van der Waals surface area contributed by atoms with E-state index >= 15 is 0 Å². The van der Waals surface area contributed by atoms with E-state index in [0.717, 1.165) is 24.2 Å². The van der Waals surface area contributed by atoms with Crippen LogP contribution in [-0.4, -0.2) is 23.2 Å². The number of rotatable bonds is 0. The zero-order chi connectivity index (χ0) is 10.3. The Kier molecular flexibility index (Phi) is 3.63. The highest BCUT2D eigenvalue weighted by Gasteiger charge is 1.94. The van der Waals surface area contributed by atoms with E-state index in [1.807, 2.05) is 24.3 Å². The van der Waals surface area contributed by atoms with E-state index in [1.165, 1.54) is 12.8 Å². The van der Waals surface area contributed by atoms with E-state index in [-0.39, 0.29) is 0 Å². The van der Waals surface area contributed by atoms with Crippen molar-refractivity contribution in [1.82, 2.24) is 9.97 Å². The summed E-state index contributed by atoms with van der Waals surface area (Å²) in [5, 5.41) is 1.09. The predicted molar refractivity (Wildman–Crippen MR) is 59.6 cm³/mol. The summed E-state index contributed by atoms with van der Waals surface area (Å²) < 4.78 is 4.94. The average molecular weight is 202 g/mol. The third kappa shape index (κ3) is 2.99. The molecule has 0 atom stereocenters. The van der Waals surface area contributed by atoms with Gasteiger partial charge in [-0.2, -0.15) is 0 Å². The fourth-order valence-corrected chi connectivity index (χ4v) is 1.42. The molecule has 2 aromatic heterocycles. The van der Waals surface area contributed by atoms with Gasteiger partial charge in [-0.25, -0.2) is 9.97 Å². The van der Waals surface area contributed by atoms with Crippen molar-refractivity contribution in [3.63, 3.8) is 0 Å². The number of nitrogens with zero attached hydrogens (tertiary/aromatic N) is 2. The van der Waals surface area contributed by atoms with Gasteiger partial charge in [0, 0.05) is 31.0 Å². The van der Waals surface area contributed by atoms with E-state index in [0.29, 0.717) is 0 Å². The summed E-state index contributed by atoms with van der Waals surface area (Å²) in [5.41, 5.74) is 0.810. The highest BCUT2D eigenvalue weighted by Crippen LogP contribution is 2.04. The quantitative estimate of drug-likeness (QED) is 0.658. The fraction of sp³-hybridized carbons (Fsp3) is 0.333. The van der Waals surface area contributed by atoms with Crippen LogP contribution in [0.4, 0.5) is 0 Å². The minimum Gasteiger partial charge on any atom is -0.381 e. The van der Waals surface area contributed by atoms with Gasteiger partial charge in [0.05, 0.1) is 0 Å². The van der Waals surface area contributed by atoms with Gasteiger partial charge in [-0.05, 0) is 37.1 Å². The molecule has 3 heterocycles. The van der Waals surface area contributed by atoms with Crippen LogP contribution < -0.4 is 0 Å². The van der Waals surface area contributed by atoms with Crippen molar-refractivity contribution in [3.05, 3.63) is 36.7 Å². The molecule has 78 valence electrons. The molecule has 0 bridgehead atoms. The van der Waals surface area contributed by atoms with Crippen molar-refractivity contribution in [2.24, 2.45) is 0 Å². The summed E-state index contributed by atoms with van der Waals surface area (Å²) in [7, 11) is 0. The molecule has 3 nitrogen and oxygen atoms in total. The molecule has 2 aromatic rings. The molecule has 0 aromatic carbocycles. The minimum absolute atomic E-state index is 0.810. The Morgan fingerprint density at radius 3 is 1.93 bits per heavy atom. The summed E-state index contributed by atoms with van der Waals surface area (Å²) in [6, 6.07) is 7.80. The van der Waals surface area contributed by atoms with Gasteiger partial charge in [0.1, 0.15) is 0 Å². The second kappa shape index (κ2) is 5.41. The Labute approximate surface area is 89.1 Å². The Bertz CT molecular complexity index is 340. The number of ether oxygens (including phenoxy) is 1. The first-order chi connectivity index (χ1) is 7.47. The smallest absolute Gasteiger partial charge is 0.159 e. The van der Waals surface area contributed by atoms with Gasteiger partial charge in [-0.15, -0.1) is 0 Å². The van der Waals surface area contributed by atoms with Crippen LogP contribution in [0.5, 0.6) is 0 Å². The predicted octanol–water partition coefficient (Wildman–Crippen LogP) is 2.43. The van der Waals surface area contributed by atoms with Crippen LogP contribution in [0.3, 0.4) is 0 Å². The molecule has 0 saturated carbocycles. The Morgan fingerprint density at radius 1 is 0.933 bits per heavy atom. The summed E-state index contributed by atoms with van der Waals surface area (Å²) in [5.74, 6) is 0. The van der Waals surface area contributed by atoms with E-state index < -0.39 is 0 Å². The molecule has 3 rings (SSSR count). The Hall–Kier alpha value is -1.48. The van der Waals surface area contributed by atoms with Crippen molar-refractivity contribution in [2.45, 2.75) is 12.8 Å². The van der Waals surface area contributed by atoms with Crippen LogP contribution in [0.2, 0.25) is 0 Å². The zero-order valence-electron chi connectivity index (χ0n) is 8.60. The Morgan fingerprint density at radius 2 is 1.53 bits per heavy atom. The van der Waals surface area contributed by atoms with E-state index in [9.17, 15) is 0 Å². The monoisotopic (exact) mass is 202 g/mol. The van der Waals surface area contributed by atoms with Crippen LogP contribution in [0.15, 0.2) is 36.7 Å². The molecule has 1 aliphatic heterocycles. The number of hydrogen-bond acceptors (Lipinski definition) is 3. The standard InChI is InChI=1S/C8H6N2.C4H8O/c1-3-7-4-2-6-10-8(7)9-5-1;1-2-4-5-3-1/h1-6H;1-4H2. The van der Waals surface area contributed by atoms with E-state index in [2.05, 4.69) is 9.97 Å². The third-order valence-corrected chi connectivity index (χ3v) is 2.20. The van der Waals surface area contributed by atoms with Crippen LogP contribution in [0, 0.1) is 0 Å². The summed E-state index contributed by atoms with van der Waals surface area (Å²) in [6.07, 6.45) is 6.05. The molecule has 0 radical (unpaired) electrons. The fourth-order valence-electron chi connectivity index (χ4n) is 1.42. The SMILES string of the molecule is C1CCOC1.c1cnc2ncccc2c1. The third-order valence-electron chi connectivity index (χ3n) is 2.20. The maximum absolute atomic E-state index is 4.94. The first-order valence-electron chi connectivity index (χ1n) is 5.20. The minimum atomic E-state index is 0.810. The molecule has 0 amide bonds. The largest absolute Gasteiger partial charge is 0.381 e. The number of fused-ring (bicyclic) bond motifs is 1. The highest BCUT2D eigenvalue weighted by atomic mass is 16.5. The maximum atomic E-state index is 4.94. The first kappa shape index (κ1) is 10.1. The van der Waals surface area contributed by atoms with Crippen LogP contribution >= 0.6 is 0 Å². The van der Waals surface area contributed by atoms with E-state index in [4.69, 9.17) is 4.74 Å². The maximum Gasteiger partial charge on any atom is 0.159 e. The van der Waals surface area contributed by atoms with Crippen molar-refractivity contribution in [3.8, 4) is 0 Å². The molecule has 0 spiro atoms. The van der Waals surface area contributed by atoms with Crippen molar-refractivity contribution in [1.29, 1.82) is 0 Å². The molecule has 0 aliphatic carbocycles. The molecule has 3 heteroatoms. The lowest BCUT2D eigenvalue weighted by atomic mass is 10.3. The molecule has 1 fully saturated rings. The normalized spacial score (nSPS) is 14.7. The van der Waals surface area contributed by atoms with Gasteiger partial charge in [0.25, 0.3) is 0 Å². The summed E-state index contributed by atoms with van der Waals surface area (Å²) in [4.78, 5) is 8.14. The van der Waals surface area contributed by atoms with Gasteiger partial charge < -0.3 is 4.74 Å². The van der Waals surface area contributed by atoms with Crippen LogP contribution in [0.1, 0.15) is 12.8 Å². The highest BCUT2D eigenvalue weighted by molar-refractivity contribution is 5.73. The van der Waals surface area contributed by atoms with Gasteiger partial charge in [-0.1, -0.05) is 0 Å². The second-order valence-electron chi connectivity index (χ2n) is 3.37. The van der Waals surface area contributed by atoms with Gasteiger partial charge in [0.2, 0.25) is 0 Å². The molecule has 0 N–H and O–H groups in total. The number of pyridine rings is 2. The lowest BCUT2D eigenvalue weighted by molar-refractivity contribution is 0.198.